The van der Waals surface area contributed by atoms with Crippen LogP contribution in [-0.2, 0) is 16.0 Å². The zero-order valence-electron chi connectivity index (χ0n) is 12.9. The highest BCUT2D eigenvalue weighted by Crippen LogP contribution is 2.28. The third-order valence-electron chi connectivity index (χ3n) is 4.32. The van der Waals surface area contributed by atoms with E-state index in [0.717, 1.165) is 25.7 Å². The second-order valence-electron chi connectivity index (χ2n) is 6.55. The van der Waals surface area contributed by atoms with Crippen LogP contribution in [0.2, 0.25) is 0 Å². The molecule has 0 radical (unpaired) electrons. The lowest BCUT2D eigenvalue weighted by Gasteiger charge is -2.18. The SMILES string of the molecule is CC(C)CCC(=O)CCCC[C@H]1[C@H]2NC(=O)N[C@H]2C[S+]1[O-]. The fourth-order valence-corrected chi connectivity index (χ4v) is 4.97. The van der Waals surface area contributed by atoms with Crippen LogP contribution in [0.4, 0.5) is 4.79 Å². The molecule has 2 amide bonds. The summed E-state index contributed by atoms with van der Waals surface area (Å²) < 4.78 is 12.1. The summed E-state index contributed by atoms with van der Waals surface area (Å²) in [7, 11) is 0. The molecule has 21 heavy (non-hydrogen) atoms. The summed E-state index contributed by atoms with van der Waals surface area (Å²) in [6.07, 6.45) is 4.87. The van der Waals surface area contributed by atoms with Gasteiger partial charge in [-0.25, -0.2) is 4.79 Å². The van der Waals surface area contributed by atoms with Crippen LogP contribution in [0.25, 0.3) is 0 Å². The van der Waals surface area contributed by atoms with E-state index in [-0.39, 0.29) is 23.4 Å². The number of carbonyl (C=O) groups excluding carboxylic acids is 2. The van der Waals surface area contributed by atoms with E-state index in [2.05, 4.69) is 24.5 Å². The van der Waals surface area contributed by atoms with Crippen molar-refractivity contribution in [2.24, 2.45) is 5.92 Å². The topological polar surface area (TPSA) is 81.3 Å². The van der Waals surface area contributed by atoms with Gasteiger partial charge in [0.05, 0.1) is 0 Å². The predicted molar refractivity (Wildman–Crippen MR) is 83.6 cm³/mol. The van der Waals surface area contributed by atoms with E-state index in [1.165, 1.54) is 0 Å². The lowest BCUT2D eigenvalue weighted by molar-refractivity contribution is -0.119. The normalized spacial score (nSPS) is 31.1. The lowest BCUT2D eigenvalue weighted by Crippen LogP contribution is -2.39. The third kappa shape index (κ3) is 4.61. The average molecular weight is 314 g/mol. The van der Waals surface area contributed by atoms with Crippen LogP contribution < -0.4 is 10.6 Å². The first-order chi connectivity index (χ1) is 9.97. The number of nitrogens with one attached hydrogen (secondary N) is 2. The monoisotopic (exact) mass is 314 g/mol. The van der Waals surface area contributed by atoms with E-state index in [1.54, 1.807) is 0 Å². The maximum atomic E-state index is 12.1. The molecule has 2 fully saturated rings. The van der Waals surface area contributed by atoms with Crippen molar-refractivity contribution in [2.45, 2.75) is 69.7 Å². The number of hydrogen-bond donors (Lipinski definition) is 2. The Kier molecular flexibility index (Phi) is 5.93. The molecule has 2 rings (SSSR count). The first-order valence-electron chi connectivity index (χ1n) is 7.93. The molecular weight excluding hydrogens is 288 g/mol. The largest absolute Gasteiger partial charge is 0.616 e. The van der Waals surface area contributed by atoms with Crippen LogP contribution in [-0.4, -0.2) is 39.5 Å². The molecule has 0 bridgehead atoms. The number of Topliss-reactive ketones (excluding diaryl/α,β-unsaturated/α-hetero) is 1. The molecule has 4 atom stereocenters. The van der Waals surface area contributed by atoms with Gasteiger partial charge in [-0.05, 0) is 42.8 Å². The Labute approximate surface area is 129 Å². The molecule has 1 unspecified atom stereocenters. The highest BCUT2D eigenvalue weighted by Gasteiger charge is 2.50. The number of hydrogen-bond acceptors (Lipinski definition) is 3. The van der Waals surface area contributed by atoms with Gasteiger partial charge in [-0.2, -0.15) is 0 Å². The van der Waals surface area contributed by atoms with E-state index in [9.17, 15) is 14.1 Å². The van der Waals surface area contributed by atoms with Gasteiger partial charge in [-0.1, -0.05) is 13.8 Å². The van der Waals surface area contributed by atoms with E-state index in [0.29, 0.717) is 30.3 Å². The summed E-state index contributed by atoms with van der Waals surface area (Å²) in [5.41, 5.74) is 0. The van der Waals surface area contributed by atoms with Gasteiger partial charge in [0.1, 0.15) is 28.9 Å². The van der Waals surface area contributed by atoms with Crippen LogP contribution in [0.5, 0.6) is 0 Å². The number of amides is 2. The van der Waals surface area contributed by atoms with Crippen LogP contribution in [0, 0.1) is 5.92 Å². The minimum atomic E-state index is -0.870. The number of urea groups is 1. The Morgan fingerprint density at radius 2 is 2.10 bits per heavy atom. The molecule has 2 saturated heterocycles. The second-order valence-corrected chi connectivity index (χ2v) is 8.25. The molecule has 6 heteroatoms. The smallest absolute Gasteiger partial charge is 0.315 e. The first-order valence-corrected chi connectivity index (χ1v) is 9.31. The molecule has 0 aromatic carbocycles. The van der Waals surface area contributed by atoms with Crippen molar-refractivity contribution in [3.05, 3.63) is 0 Å². The summed E-state index contributed by atoms with van der Waals surface area (Å²) in [6.45, 7) is 4.26. The third-order valence-corrected chi connectivity index (χ3v) is 6.22. The van der Waals surface area contributed by atoms with Crippen LogP contribution in [0.1, 0.15) is 52.4 Å². The number of rotatable bonds is 8. The van der Waals surface area contributed by atoms with Crippen LogP contribution in [0.3, 0.4) is 0 Å². The number of ketones is 1. The summed E-state index contributed by atoms with van der Waals surface area (Å²) in [5.74, 6) is 1.47. The Balaban J connectivity index is 1.64. The highest BCUT2D eigenvalue weighted by molar-refractivity contribution is 7.92. The lowest BCUT2D eigenvalue weighted by atomic mass is 10.00. The maximum absolute atomic E-state index is 12.1. The molecule has 2 N–H and O–H groups in total. The zero-order valence-corrected chi connectivity index (χ0v) is 13.7. The molecule has 2 aliphatic rings. The average Bonchev–Trinajstić information content (AvgIpc) is 2.88. The Hall–Kier alpha value is -0.750. The van der Waals surface area contributed by atoms with Crippen molar-refractivity contribution >= 4 is 23.0 Å². The van der Waals surface area contributed by atoms with Gasteiger partial charge in [0.25, 0.3) is 0 Å². The number of fused-ring (bicyclic) bond motifs is 1. The predicted octanol–water partition coefficient (Wildman–Crippen LogP) is 1.73. The summed E-state index contributed by atoms with van der Waals surface area (Å²) >= 11 is -0.870. The van der Waals surface area contributed by atoms with Crippen LogP contribution >= 0.6 is 0 Å². The molecule has 0 saturated carbocycles. The Bertz CT molecular complexity index is 389. The minimum Gasteiger partial charge on any atom is -0.616 e. The molecule has 5 nitrogen and oxygen atoms in total. The van der Waals surface area contributed by atoms with Crippen LogP contribution in [0.15, 0.2) is 0 Å². The van der Waals surface area contributed by atoms with Crippen molar-refractivity contribution in [3.8, 4) is 0 Å². The van der Waals surface area contributed by atoms with E-state index < -0.39 is 11.2 Å². The fraction of sp³-hybridized carbons (Fsp3) is 0.867. The van der Waals surface area contributed by atoms with Gasteiger partial charge in [0.15, 0.2) is 0 Å². The molecule has 0 aromatic heterocycles. The molecule has 120 valence electrons. The Morgan fingerprint density at radius 1 is 1.33 bits per heavy atom. The van der Waals surface area contributed by atoms with Gasteiger partial charge < -0.3 is 15.2 Å². The van der Waals surface area contributed by atoms with E-state index in [1.807, 2.05) is 0 Å². The van der Waals surface area contributed by atoms with Gasteiger partial charge >= 0.3 is 6.03 Å². The molecule has 0 spiro atoms. The van der Waals surface area contributed by atoms with Gasteiger partial charge in [0, 0.05) is 12.8 Å². The molecule has 2 aliphatic heterocycles. The number of unbranched alkanes of at least 4 members (excludes halogenated alkanes) is 1. The van der Waals surface area contributed by atoms with Crippen molar-refractivity contribution < 1.29 is 14.1 Å². The van der Waals surface area contributed by atoms with E-state index >= 15 is 0 Å². The fourth-order valence-electron chi connectivity index (χ4n) is 3.07. The first kappa shape index (κ1) is 16.6. The molecular formula is C15H26N2O3S. The van der Waals surface area contributed by atoms with Crippen molar-refractivity contribution in [1.82, 2.24) is 10.6 Å². The summed E-state index contributed by atoms with van der Waals surface area (Å²) in [6, 6.07) is -0.110. The quantitative estimate of drug-likeness (QED) is 0.407. The zero-order chi connectivity index (χ0) is 15.4. The standard InChI is InChI=1S/C15H26N2O3S/c1-10(2)7-8-11(18)5-3-4-6-13-14-12(9-21(13)20)16-15(19)17-14/h10,12-14H,3-9H2,1-2H3,(H2,16,17,19)/t12-,13-,14-,21?/m0/s1. The second kappa shape index (κ2) is 7.49. The van der Waals surface area contributed by atoms with Crippen molar-refractivity contribution in [2.75, 3.05) is 5.75 Å². The number of carbonyl (C=O) groups is 2. The summed E-state index contributed by atoms with van der Waals surface area (Å²) in [4.78, 5) is 23.0. The molecule has 0 aromatic rings. The molecule has 0 aliphatic carbocycles. The van der Waals surface area contributed by atoms with E-state index in [4.69, 9.17) is 0 Å². The van der Waals surface area contributed by atoms with Gasteiger partial charge in [-0.15, -0.1) is 0 Å². The van der Waals surface area contributed by atoms with Gasteiger partial charge in [0.2, 0.25) is 0 Å². The van der Waals surface area contributed by atoms with Crippen molar-refractivity contribution in [1.29, 1.82) is 0 Å². The summed E-state index contributed by atoms with van der Waals surface area (Å²) in [5, 5.41) is 5.73. The minimum absolute atomic E-state index is 0.00924. The van der Waals surface area contributed by atoms with Crippen molar-refractivity contribution in [3.63, 3.8) is 0 Å². The Morgan fingerprint density at radius 3 is 2.81 bits per heavy atom. The maximum Gasteiger partial charge on any atom is 0.315 e. The van der Waals surface area contributed by atoms with Gasteiger partial charge in [-0.3, -0.25) is 4.79 Å². The highest BCUT2D eigenvalue weighted by atomic mass is 32.2. The molecule has 2 heterocycles.